The molecule has 1 aromatic rings. The Balaban J connectivity index is 0.00000242. The topological polar surface area (TPSA) is 78.5 Å². The number of carbonyl (C=O) groups is 2. The molecule has 0 aliphatic heterocycles. The van der Waals surface area contributed by atoms with Gasteiger partial charge >= 0.3 is 57.5 Å². The zero-order chi connectivity index (χ0) is 15.6. The number of fused-ring (bicyclic) bond motifs is 1. The second-order valence-electron chi connectivity index (χ2n) is 6.32. The Hall–Kier alpha value is -0.404. The van der Waals surface area contributed by atoms with Gasteiger partial charge in [-0.1, -0.05) is 18.2 Å². The van der Waals surface area contributed by atoms with E-state index >= 15 is 0 Å². The Morgan fingerprint density at radius 3 is 2.59 bits per heavy atom. The minimum atomic E-state index is -1.15. The van der Waals surface area contributed by atoms with Gasteiger partial charge in [-0.2, -0.15) is 0 Å². The van der Waals surface area contributed by atoms with Gasteiger partial charge in [-0.05, 0) is 51.2 Å². The van der Waals surface area contributed by atoms with Crippen LogP contribution < -0.4 is 61.8 Å². The summed E-state index contributed by atoms with van der Waals surface area (Å²) < 4.78 is 5.24. The van der Waals surface area contributed by atoms with Crippen LogP contribution in [0.1, 0.15) is 48.7 Å². The molecule has 1 unspecified atom stereocenters. The van der Waals surface area contributed by atoms with Crippen LogP contribution in [0, 0.1) is 0 Å². The molecule has 114 valence electrons. The normalized spacial score (nSPS) is 17.0. The first-order chi connectivity index (χ1) is 9.76. The Morgan fingerprint density at radius 2 is 2.00 bits per heavy atom. The molecule has 1 atom stereocenters. The number of nitrogens with one attached hydrogen (secondary N) is 1. The molecule has 1 N–H and O–H groups in total. The fourth-order valence-electron chi connectivity index (χ4n) is 2.60. The summed E-state index contributed by atoms with van der Waals surface area (Å²) in [6.07, 6.45) is 1.47. The van der Waals surface area contributed by atoms with E-state index in [1.807, 2.05) is 26.8 Å². The van der Waals surface area contributed by atoms with Gasteiger partial charge in [-0.25, -0.2) is 4.79 Å². The monoisotopic (exact) mass is 329 g/mol. The molecule has 0 saturated heterocycles. The number of carboxylic acid groups (broad SMARTS) is 1. The quantitative estimate of drug-likeness (QED) is 0.666. The van der Waals surface area contributed by atoms with Crippen molar-refractivity contribution < 1.29 is 70.8 Å². The minimum Gasteiger partial charge on any atom is -0.545 e. The number of amides is 1. The van der Waals surface area contributed by atoms with Crippen LogP contribution >= 0.6 is 0 Å². The fraction of sp³-hybridized carbons (Fsp3) is 0.500. The van der Waals surface area contributed by atoms with E-state index in [2.05, 4.69) is 5.32 Å². The summed E-state index contributed by atoms with van der Waals surface area (Å²) in [5.74, 6) is -1.15. The van der Waals surface area contributed by atoms with E-state index in [0.717, 1.165) is 11.1 Å². The second-order valence-corrected chi connectivity index (χ2v) is 6.32. The number of ether oxygens (including phenoxy) is 1. The maximum absolute atomic E-state index is 11.8. The van der Waals surface area contributed by atoms with E-state index in [4.69, 9.17) is 4.74 Å². The van der Waals surface area contributed by atoms with E-state index in [1.54, 1.807) is 12.1 Å². The molecule has 6 heteroatoms. The van der Waals surface area contributed by atoms with Crippen molar-refractivity contribution in [1.82, 2.24) is 5.32 Å². The van der Waals surface area contributed by atoms with Crippen molar-refractivity contribution in [3.8, 4) is 0 Å². The maximum Gasteiger partial charge on any atom is 1.00 e. The number of rotatable bonds is 2. The molecule has 1 aromatic carbocycles. The Kier molecular flexibility index (Phi) is 7.07. The molecule has 0 bridgehead atoms. The van der Waals surface area contributed by atoms with Gasteiger partial charge in [-0.15, -0.1) is 0 Å². The molecule has 0 heterocycles. The van der Waals surface area contributed by atoms with Crippen molar-refractivity contribution in [2.75, 3.05) is 0 Å². The Morgan fingerprint density at radius 1 is 1.32 bits per heavy atom. The molecule has 0 radical (unpaired) electrons. The molecule has 5 nitrogen and oxygen atoms in total. The number of carbonyl (C=O) groups excluding carboxylic acids is 2. The van der Waals surface area contributed by atoms with E-state index in [-0.39, 0.29) is 63.0 Å². The van der Waals surface area contributed by atoms with Crippen LogP contribution in [0.2, 0.25) is 0 Å². The van der Waals surface area contributed by atoms with Crippen molar-refractivity contribution >= 4 is 12.1 Å². The minimum absolute atomic E-state index is 0. The van der Waals surface area contributed by atoms with Gasteiger partial charge in [0.15, 0.2) is 0 Å². The molecule has 1 amide bonds. The molecule has 0 spiro atoms. The molecule has 0 fully saturated rings. The zero-order valence-electron chi connectivity index (χ0n) is 13.6. The third kappa shape index (κ3) is 5.35. The van der Waals surface area contributed by atoms with Crippen molar-refractivity contribution in [3.63, 3.8) is 0 Å². The first-order valence-corrected chi connectivity index (χ1v) is 7.08. The van der Waals surface area contributed by atoms with Crippen LogP contribution in [0.15, 0.2) is 18.2 Å². The number of alkyl carbamates (subject to hydrolysis) is 1. The van der Waals surface area contributed by atoms with E-state index in [9.17, 15) is 14.7 Å². The summed E-state index contributed by atoms with van der Waals surface area (Å²) in [6.45, 7) is 5.44. The van der Waals surface area contributed by atoms with Crippen LogP contribution in [0.25, 0.3) is 0 Å². The smallest absolute Gasteiger partial charge is 0.545 e. The van der Waals surface area contributed by atoms with Gasteiger partial charge in [0.25, 0.3) is 0 Å². The first kappa shape index (κ1) is 19.6. The van der Waals surface area contributed by atoms with Crippen molar-refractivity contribution in [3.05, 3.63) is 34.9 Å². The van der Waals surface area contributed by atoms with Crippen LogP contribution in [0.5, 0.6) is 0 Å². The number of carboxylic acids is 1. The predicted molar refractivity (Wildman–Crippen MR) is 76.0 cm³/mol. The molecule has 1 aliphatic carbocycles. The largest absolute Gasteiger partial charge is 1.00 e. The van der Waals surface area contributed by atoms with Gasteiger partial charge < -0.3 is 20.0 Å². The summed E-state index contributed by atoms with van der Waals surface area (Å²) >= 11 is 0. The Bertz CT molecular complexity index is 566. The predicted octanol–water partition coefficient (Wildman–Crippen LogP) is -1.56. The fourth-order valence-corrected chi connectivity index (χ4v) is 2.60. The number of benzene rings is 1. The van der Waals surface area contributed by atoms with Gasteiger partial charge in [0.05, 0.1) is 5.97 Å². The van der Waals surface area contributed by atoms with E-state index < -0.39 is 17.7 Å². The standard InChI is InChI=1S/C16H21NO4.K/c1-16(2,3)21-15(20)17-11-7-8-12-10(9-11)5-4-6-13(12)14(18)19;/h4-6,11H,7-9H2,1-3H3,(H,17,20)(H,18,19);/q;+1/p-1. The van der Waals surface area contributed by atoms with Gasteiger partial charge in [0.1, 0.15) is 5.60 Å². The molecule has 1 aliphatic rings. The molecule has 0 aromatic heterocycles. The number of hydrogen-bond acceptors (Lipinski definition) is 4. The molecule has 2 rings (SSSR count). The van der Waals surface area contributed by atoms with Crippen molar-refractivity contribution in [1.29, 1.82) is 0 Å². The second kappa shape index (κ2) is 7.92. The summed E-state index contributed by atoms with van der Waals surface area (Å²) in [6, 6.07) is 5.13. The molecule has 0 saturated carbocycles. The third-order valence-electron chi connectivity index (χ3n) is 3.42. The van der Waals surface area contributed by atoms with E-state index in [0.29, 0.717) is 19.3 Å². The van der Waals surface area contributed by atoms with Crippen LogP contribution in [-0.2, 0) is 17.6 Å². The molecule has 22 heavy (non-hydrogen) atoms. The van der Waals surface area contributed by atoms with Crippen molar-refractivity contribution in [2.45, 2.75) is 51.7 Å². The SMILES string of the molecule is CC(C)(C)OC(=O)NC1CCc2c(cccc2C(=O)[O-])C1.[K+]. The summed E-state index contributed by atoms with van der Waals surface area (Å²) in [7, 11) is 0. The van der Waals surface area contributed by atoms with E-state index in [1.165, 1.54) is 0 Å². The average Bonchev–Trinajstić information content (AvgIpc) is 2.35. The van der Waals surface area contributed by atoms with Gasteiger partial charge in [0, 0.05) is 11.6 Å². The van der Waals surface area contributed by atoms with Crippen LogP contribution in [0.3, 0.4) is 0 Å². The van der Waals surface area contributed by atoms with Crippen LogP contribution in [0.4, 0.5) is 4.79 Å². The van der Waals surface area contributed by atoms with Gasteiger partial charge in [-0.3, -0.25) is 0 Å². The molecular weight excluding hydrogens is 309 g/mol. The van der Waals surface area contributed by atoms with Crippen molar-refractivity contribution in [2.24, 2.45) is 0 Å². The average molecular weight is 329 g/mol. The molecular formula is C16H20KNO4. The maximum atomic E-state index is 11.8. The Labute approximate surface area is 173 Å². The zero-order valence-corrected chi connectivity index (χ0v) is 16.7. The number of hydrogen-bond donors (Lipinski definition) is 1. The third-order valence-corrected chi connectivity index (χ3v) is 3.42. The number of aromatic carboxylic acids is 1. The van der Waals surface area contributed by atoms with Crippen LogP contribution in [-0.4, -0.2) is 23.7 Å². The summed E-state index contributed by atoms with van der Waals surface area (Å²) in [5.41, 5.74) is 1.49. The first-order valence-electron chi connectivity index (χ1n) is 7.08. The van der Waals surface area contributed by atoms with Gasteiger partial charge in [0.2, 0.25) is 0 Å². The summed E-state index contributed by atoms with van der Waals surface area (Å²) in [4.78, 5) is 22.9. The summed E-state index contributed by atoms with van der Waals surface area (Å²) in [5, 5.41) is 13.9.